The lowest BCUT2D eigenvalue weighted by molar-refractivity contribution is 0.583. The quantitative estimate of drug-likeness (QED) is 0.254. The number of nitrogens with zero attached hydrogens (tertiary/aromatic N) is 1. The Bertz CT molecular complexity index is 911. The molecule has 0 heterocycles. The van der Waals surface area contributed by atoms with Gasteiger partial charge < -0.3 is 16.0 Å². The number of nitrogens with one attached hydrogen (secondary N) is 1. The van der Waals surface area contributed by atoms with Crippen molar-refractivity contribution in [2.24, 2.45) is 5.73 Å². The lowest BCUT2D eigenvalue weighted by atomic mass is 9.83. The predicted molar refractivity (Wildman–Crippen MR) is 175 cm³/mol. The summed E-state index contributed by atoms with van der Waals surface area (Å²) in [5.41, 5.74) is 15.5. The largest absolute Gasteiger partial charge is 0.371 e. The molecule has 1 aromatic rings. The van der Waals surface area contributed by atoms with Gasteiger partial charge in [0.25, 0.3) is 0 Å². The van der Waals surface area contributed by atoms with Gasteiger partial charge in [0.2, 0.25) is 0 Å². The molecule has 0 fully saturated rings. The van der Waals surface area contributed by atoms with Crippen LogP contribution in [0.15, 0.2) is 76.9 Å². The average molecular weight is 522 g/mol. The molecule has 1 aliphatic rings. The van der Waals surface area contributed by atoms with Gasteiger partial charge in [0.15, 0.2) is 0 Å². The van der Waals surface area contributed by atoms with E-state index in [0.29, 0.717) is 12.6 Å². The number of hydrogen-bond acceptors (Lipinski definition) is 3. The van der Waals surface area contributed by atoms with E-state index in [-0.39, 0.29) is 0 Å². The van der Waals surface area contributed by atoms with Crippen molar-refractivity contribution in [2.45, 2.75) is 101 Å². The van der Waals surface area contributed by atoms with Gasteiger partial charge in [0, 0.05) is 31.4 Å². The van der Waals surface area contributed by atoms with Crippen molar-refractivity contribution in [2.75, 3.05) is 31.1 Å². The van der Waals surface area contributed by atoms with Crippen LogP contribution >= 0.6 is 0 Å². The lowest BCUT2D eigenvalue weighted by Crippen LogP contribution is -2.34. The summed E-state index contributed by atoms with van der Waals surface area (Å²) in [6, 6.07) is 9.75. The maximum atomic E-state index is 5.96. The molecular formula is C35H59N3. The molecule has 214 valence electrons. The first-order chi connectivity index (χ1) is 18.4. The van der Waals surface area contributed by atoms with Crippen LogP contribution < -0.4 is 16.0 Å². The fourth-order valence-electron chi connectivity index (χ4n) is 4.54. The minimum atomic E-state index is 0.514. The number of rotatable bonds is 13. The SMILES string of the molecule is CC.CC.C\C=C/C(=C\C)C(/CCCN)=C(/C1=CC=C(C)CC1)c1ccc(N(CC)CCNC(C)C)cc1. The molecule has 1 aliphatic carbocycles. The van der Waals surface area contributed by atoms with E-state index in [9.17, 15) is 0 Å². The van der Waals surface area contributed by atoms with Crippen LogP contribution in [0.1, 0.15) is 100 Å². The third kappa shape index (κ3) is 12.0. The van der Waals surface area contributed by atoms with E-state index < -0.39 is 0 Å². The van der Waals surface area contributed by atoms with Gasteiger partial charge in [-0.05, 0) is 99.9 Å². The van der Waals surface area contributed by atoms with Crippen LogP contribution in [0.5, 0.6) is 0 Å². The van der Waals surface area contributed by atoms with Crippen molar-refractivity contribution in [1.82, 2.24) is 5.32 Å². The standard InChI is InChI=1S/C31H47N3.2C2H6/c1-7-11-26(8-2)30(12-10-21-32)31(27-15-13-25(6)14-16-27)28-17-19-29(20-18-28)34(9-3)23-22-33-24(4)5;2*1-2/h7-8,11,13,15,17-20,24,33H,9-10,12,14,16,21-23,32H2,1-6H3;2*1-2H3/b11-7-,26-8+,31-30-;;. The van der Waals surface area contributed by atoms with Crippen LogP contribution in [0.2, 0.25) is 0 Å². The summed E-state index contributed by atoms with van der Waals surface area (Å²) in [5, 5.41) is 3.54. The number of hydrogen-bond donors (Lipinski definition) is 2. The third-order valence-electron chi connectivity index (χ3n) is 6.45. The Kier molecular flexibility index (Phi) is 20.2. The van der Waals surface area contributed by atoms with Crippen LogP contribution in [0.25, 0.3) is 5.57 Å². The molecule has 1 aromatic carbocycles. The second-order valence-corrected chi connectivity index (χ2v) is 9.43. The van der Waals surface area contributed by atoms with E-state index in [1.807, 2.05) is 27.7 Å². The third-order valence-corrected chi connectivity index (χ3v) is 6.45. The highest BCUT2D eigenvalue weighted by Gasteiger charge is 2.18. The van der Waals surface area contributed by atoms with Gasteiger partial charge in [0.1, 0.15) is 0 Å². The zero-order chi connectivity index (χ0) is 28.9. The first-order valence-electron chi connectivity index (χ1n) is 15.1. The Morgan fingerprint density at radius 3 is 2.16 bits per heavy atom. The molecule has 0 atom stereocenters. The van der Waals surface area contributed by atoms with E-state index in [0.717, 1.165) is 45.3 Å². The first-order valence-corrected chi connectivity index (χ1v) is 15.1. The molecular weight excluding hydrogens is 462 g/mol. The Balaban J connectivity index is 0.00000326. The molecule has 0 radical (unpaired) electrons. The van der Waals surface area contributed by atoms with Crippen LogP contribution in [0, 0.1) is 0 Å². The molecule has 0 unspecified atom stereocenters. The highest BCUT2D eigenvalue weighted by atomic mass is 15.1. The van der Waals surface area contributed by atoms with Crippen molar-refractivity contribution in [3.8, 4) is 0 Å². The van der Waals surface area contributed by atoms with Gasteiger partial charge >= 0.3 is 0 Å². The second kappa shape index (κ2) is 21.6. The number of benzene rings is 1. The van der Waals surface area contributed by atoms with Gasteiger partial charge in [-0.1, -0.05) is 89.6 Å². The maximum Gasteiger partial charge on any atom is 0.0366 e. The smallest absolute Gasteiger partial charge is 0.0366 e. The van der Waals surface area contributed by atoms with Crippen molar-refractivity contribution in [1.29, 1.82) is 0 Å². The Hall–Kier alpha value is -2.36. The van der Waals surface area contributed by atoms with Crippen LogP contribution in [0.3, 0.4) is 0 Å². The molecule has 2 rings (SSSR count). The first kappa shape index (κ1) is 35.6. The fraction of sp³-hybridized carbons (Fsp3) is 0.543. The number of likely N-dealkylation sites (N-methyl/N-ethyl adjacent to an activating group) is 1. The molecule has 0 aromatic heterocycles. The zero-order valence-corrected chi connectivity index (χ0v) is 26.5. The van der Waals surface area contributed by atoms with Crippen molar-refractivity contribution in [3.63, 3.8) is 0 Å². The zero-order valence-electron chi connectivity index (χ0n) is 26.5. The summed E-state index contributed by atoms with van der Waals surface area (Å²) in [7, 11) is 0. The molecule has 0 amide bonds. The molecule has 3 N–H and O–H groups in total. The molecule has 0 saturated carbocycles. The normalized spacial score (nSPS) is 14.2. The summed E-state index contributed by atoms with van der Waals surface area (Å²) in [6.45, 7) is 24.8. The lowest BCUT2D eigenvalue weighted by Gasteiger charge is -2.25. The summed E-state index contributed by atoms with van der Waals surface area (Å²) in [5.74, 6) is 0. The molecule has 0 saturated heterocycles. The van der Waals surface area contributed by atoms with E-state index in [1.165, 1.54) is 39.1 Å². The summed E-state index contributed by atoms with van der Waals surface area (Å²) < 4.78 is 0. The van der Waals surface area contributed by atoms with Gasteiger partial charge in [0.05, 0.1) is 0 Å². The minimum absolute atomic E-state index is 0.514. The van der Waals surface area contributed by atoms with Crippen LogP contribution in [-0.4, -0.2) is 32.2 Å². The van der Waals surface area contributed by atoms with Crippen molar-refractivity contribution in [3.05, 3.63) is 82.5 Å². The van der Waals surface area contributed by atoms with Gasteiger partial charge in [-0.2, -0.15) is 0 Å². The highest BCUT2D eigenvalue weighted by molar-refractivity contribution is 5.85. The number of anilines is 1. The van der Waals surface area contributed by atoms with Gasteiger partial charge in [-0.15, -0.1) is 0 Å². The molecule has 0 aliphatic heterocycles. The number of allylic oxidation sites excluding steroid dienone is 10. The summed E-state index contributed by atoms with van der Waals surface area (Å²) in [4.78, 5) is 2.45. The van der Waals surface area contributed by atoms with Crippen molar-refractivity contribution < 1.29 is 0 Å². The highest BCUT2D eigenvalue weighted by Crippen LogP contribution is 2.38. The Morgan fingerprint density at radius 1 is 1.03 bits per heavy atom. The Labute approximate surface area is 236 Å². The minimum Gasteiger partial charge on any atom is -0.371 e. The van der Waals surface area contributed by atoms with E-state index in [4.69, 9.17) is 5.73 Å². The van der Waals surface area contributed by atoms with Gasteiger partial charge in [-0.3, -0.25) is 0 Å². The van der Waals surface area contributed by atoms with E-state index in [1.54, 1.807) is 0 Å². The van der Waals surface area contributed by atoms with E-state index >= 15 is 0 Å². The van der Waals surface area contributed by atoms with Crippen LogP contribution in [0.4, 0.5) is 5.69 Å². The molecule has 0 bridgehead atoms. The summed E-state index contributed by atoms with van der Waals surface area (Å²) in [6.07, 6.45) is 15.4. The van der Waals surface area contributed by atoms with Crippen molar-refractivity contribution >= 4 is 11.3 Å². The topological polar surface area (TPSA) is 41.3 Å². The monoisotopic (exact) mass is 521 g/mol. The fourth-order valence-corrected chi connectivity index (χ4v) is 4.54. The summed E-state index contributed by atoms with van der Waals surface area (Å²) >= 11 is 0. The molecule has 3 nitrogen and oxygen atoms in total. The molecule has 0 spiro atoms. The Morgan fingerprint density at radius 2 is 1.68 bits per heavy atom. The second-order valence-electron chi connectivity index (χ2n) is 9.43. The van der Waals surface area contributed by atoms with Crippen LogP contribution in [-0.2, 0) is 0 Å². The molecule has 38 heavy (non-hydrogen) atoms. The predicted octanol–water partition coefficient (Wildman–Crippen LogP) is 9.24. The maximum absolute atomic E-state index is 5.96. The van der Waals surface area contributed by atoms with Gasteiger partial charge in [-0.25, -0.2) is 0 Å². The molecule has 3 heteroatoms. The average Bonchev–Trinajstić information content (AvgIpc) is 2.95. The van der Waals surface area contributed by atoms with E-state index in [2.05, 4.69) is 106 Å². The number of nitrogens with two attached hydrogens (primary N) is 1.